The first-order valence-electron chi connectivity index (χ1n) is 7.35. The molecule has 1 aromatic heterocycles. The van der Waals surface area contributed by atoms with Crippen LogP contribution in [-0.2, 0) is 6.42 Å². The van der Waals surface area contributed by atoms with Crippen LogP contribution in [-0.4, -0.2) is 11.5 Å². The molecule has 1 heterocycles. The standard InChI is InChI=1S/C18H19FN2/c19-14-7-5-6-13(12-14)18-16(9-3-4-11-20)15-8-1-2-10-17(15)21-18/h1-2,5-8,10,12,21H,3-4,9,11,20H2. The van der Waals surface area contributed by atoms with E-state index in [9.17, 15) is 4.39 Å². The van der Waals surface area contributed by atoms with Crippen LogP contribution < -0.4 is 5.73 Å². The van der Waals surface area contributed by atoms with Gasteiger partial charge in [0.05, 0.1) is 0 Å². The molecular weight excluding hydrogens is 263 g/mol. The second-order valence-electron chi connectivity index (χ2n) is 5.28. The number of aromatic nitrogens is 1. The Morgan fingerprint density at radius 2 is 1.86 bits per heavy atom. The number of H-pyrrole nitrogens is 1. The lowest BCUT2D eigenvalue weighted by Crippen LogP contribution is -1.99. The zero-order chi connectivity index (χ0) is 14.7. The zero-order valence-corrected chi connectivity index (χ0v) is 11.9. The monoisotopic (exact) mass is 282 g/mol. The second-order valence-corrected chi connectivity index (χ2v) is 5.28. The van der Waals surface area contributed by atoms with Gasteiger partial charge in [-0.15, -0.1) is 0 Å². The van der Waals surface area contributed by atoms with Crippen LogP contribution in [0.2, 0.25) is 0 Å². The van der Waals surface area contributed by atoms with Gasteiger partial charge in [-0.25, -0.2) is 4.39 Å². The lowest BCUT2D eigenvalue weighted by molar-refractivity contribution is 0.628. The molecule has 2 nitrogen and oxygen atoms in total. The van der Waals surface area contributed by atoms with Crippen LogP contribution in [0.25, 0.3) is 22.2 Å². The summed E-state index contributed by atoms with van der Waals surface area (Å²) in [6, 6.07) is 15.0. The average molecular weight is 282 g/mol. The Kier molecular flexibility index (Phi) is 4.02. The minimum atomic E-state index is -0.209. The van der Waals surface area contributed by atoms with E-state index >= 15 is 0 Å². The van der Waals surface area contributed by atoms with Gasteiger partial charge in [0.2, 0.25) is 0 Å². The van der Waals surface area contributed by atoms with Gasteiger partial charge in [0, 0.05) is 22.2 Å². The van der Waals surface area contributed by atoms with E-state index in [0.29, 0.717) is 6.54 Å². The fourth-order valence-electron chi connectivity index (χ4n) is 2.80. The summed E-state index contributed by atoms with van der Waals surface area (Å²) in [5, 5.41) is 1.22. The highest BCUT2D eigenvalue weighted by Gasteiger charge is 2.12. The summed E-state index contributed by atoms with van der Waals surface area (Å²) in [4.78, 5) is 3.44. The Hall–Kier alpha value is -2.13. The summed E-state index contributed by atoms with van der Waals surface area (Å²) in [6.07, 6.45) is 3.00. The lowest BCUT2D eigenvalue weighted by Gasteiger charge is -2.05. The van der Waals surface area contributed by atoms with Crippen LogP contribution in [0.5, 0.6) is 0 Å². The van der Waals surface area contributed by atoms with Crippen molar-refractivity contribution in [3.05, 3.63) is 59.9 Å². The van der Waals surface area contributed by atoms with E-state index in [-0.39, 0.29) is 5.82 Å². The number of nitrogens with one attached hydrogen (secondary N) is 1. The Balaban J connectivity index is 2.09. The minimum Gasteiger partial charge on any atom is -0.354 e. The molecule has 0 unspecified atom stereocenters. The number of fused-ring (bicyclic) bond motifs is 1. The smallest absolute Gasteiger partial charge is 0.123 e. The second kappa shape index (κ2) is 6.10. The van der Waals surface area contributed by atoms with Crippen molar-refractivity contribution < 1.29 is 4.39 Å². The van der Waals surface area contributed by atoms with E-state index in [4.69, 9.17) is 5.73 Å². The van der Waals surface area contributed by atoms with E-state index in [2.05, 4.69) is 17.1 Å². The molecule has 21 heavy (non-hydrogen) atoms. The molecule has 0 aliphatic carbocycles. The van der Waals surface area contributed by atoms with E-state index in [1.165, 1.54) is 17.0 Å². The molecule has 0 atom stereocenters. The number of aromatic amines is 1. The van der Waals surface area contributed by atoms with Gasteiger partial charge in [-0.1, -0.05) is 30.3 Å². The Bertz CT molecular complexity index is 746. The Morgan fingerprint density at radius 3 is 2.67 bits per heavy atom. The molecule has 0 aliphatic heterocycles. The highest BCUT2D eigenvalue weighted by molar-refractivity contribution is 5.90. The third kappa shape index (κ3) is 2.83. The van der Waals surface area contributed by atoms with Gasteiger partial charge in [-0.3, -0.25) is 0 Å². The van der Waals surface area contributed by atoms with E-state index < -0.39 is 0 Å². The maximum Gasteiger partial charge on any atom is 0.123 e. The third-order valence-corrected chi connectivity index (χ3v) is 3.81. The maximum atomic E-state index is 13.5. The summed E-state index contributed by atoms with van der Waals surface area (Å²) < 4.78 is 13.5. The number of nitrogens with two attached hydrogens (primary N) is 1. The highest BCUT2D eigenvalue weighted by Crippen LogP contribution is 2.31. The molecule has 0 aliphatic rings. The van der Waals surface area contributed by atoms with E-state index in [0.717, 1.165) is 36.0 Å². The van der Waals surface area contributed by atoms with Crippen molar-refractivity contribution in [2.24, 2.45) is 5.73 Å². The first kappa shape index (κ1) is 13.8. The molecule has 3 heteroatoms. The van der Waals surface area contributed by atoms with Crippen LogP contribution in [0.4, 0.5) is 4.39 Å². The van der Waals surface area contributed by atoms with Crippen molar-refractivity contribution in [1.29, 1.82) is 0 Å². The van der Waals surface area contributed by atoms with Crippen molar-refractivity contribution in [3.8, 4) is 11.3 Å². The van der Waals surface area contributed by atoms with Gasteiger partial charge >= 0.3 is 0 Å². The molecule has 2 aromatic carbocycles. The fourth-order valence-corrected chi connectivity index (χ4v) is 2.80. The lowest BCUT2D eigenvalue weighted by atomic mass is 10.0. The molecule has 0 radical (unpaired) electrons. The number of hydrogen-bond donors (Lipinski definition) is 2. The van der Waals surface area contributed by atoms with Crippen LogP contribution in [0, 0.1) is 5.82 Å². The van der Waals surface area contributed by atoms with Crippen molar-refractivity contribution in [2.45, 2.75) is 19.3 Å². The van der Waals surface area contributed by atoms with Gasteiger partial charge in [-0.2, -0.15) is 0 Å². The maximum absolute atomic E-state index is 13.5. The number of unbranched alkanes of at least 4 members (excludes halogenated alkanes) is 1. The third-order valence-electron chi connectivity index (χ3n) is 3.81. The summed E-state index contributed by atoms with van der Waals surface area (Å²) in [5.74, 6) is -0.209. The Morgan fingerprint density at radius 1 is 1.00 bits per heavy atom. The largest absolute Gasteiger partial charge is 0.354 e. The van der Waals surface area contributed by atoms with Gasteiger partial charge in [0.15, 0.2) is 0 Å². The predicted molar refractivity (Wildman–Crippen MR) is 85.7 cm³/mol. The quantitative estimate of drug-likeness (QED) is 0.675. The summed E-state index contributed by atoms with van der Waals surface area (Å²) in [5.41, 5.74) is 9.86. The van der Waals surface area contributed by atoms with Gasteiger partial charge in [0.1, 0.15) is 5.82 Å². The minimum absolute atomic E-state index is 0.209. The molecular formula is C18H19FN2. The number of para-hydroxylation sites is 1. The molecule has 3 N–H and O–H groups in total. The number of hydrogen-bond acceptors (Lipinski definition) is 1. The summed E-state index contributed by atoms with van der Waals surface area (Å²) in [6.45, 7) is 0.706. The molecule has 0 saturated heterocycles. The molecule has 3 aromatic rings. The molecule has 108 valence electrons. The zero-order valence-electron chi connectivity index (χ0n) is 11.9. The molecule has 0 bridgehead atoms. The molecule has 0 spiro atoms. The number of aryl methyl sites for hydroxylation is 1. The van der Waals surface area contributed by atoms with Crippen LogP contribution in [0.3, 0.4) is 0 Å². The highest BCUT2D eigenvalue weighted by atomic mass is 19.1. The fraction of sp³-hybridized carbons (Fsp3) is 0.222. The van der Waals surface area contributed by atoms with Gasteiger partial charge < -0.3 is 10.7 Å². The normalized spacial score (nSPS) is 11.1. The van der Waals surface area contributed by atoms with E-state index in [1.807, 2.05) is 18.2 Å². The van der Waals surface area contributed by atoms with Gasteiger partial charge in [-0.05, 0) is 49.6 Å². The summed E-state index contributed by atoms with van der Waals surface area (Å²) >= 11 is 0. The van der Waals surface area contributed by atoms with Crippen molar-refractivity contribution in [2.75, 3.05) is 6.54 Å². The van der Waals surface area contributed by atoms with Crippen LogP contribution in [0.1, 0.15) is 18.4 Å². The summed E-state index contributed by atoms with van der Waals surface area (Å²) in [7, 11) is 0. The van der Waals surface area contributed by atoms with Crippen molar-refractivity contribution in [1.82, 2.24) is 4.98 Å². The van der Waals surface area contributed by atoms with Gasteiger partial charge in [0.25, 0.3) is 0 Å². The van der Waals surface area contributed by atoms with Crippen LogP contribution >= 0.6 is 0 Å². The SMILES string of the molecule is NCCCCc1c(-c2cccc(F)c2)[nH]c2ccccc12. The van der Waals surface area contributed by atoms with Crippen LogP contribution in [0.15, 0.2) is 48.5 Å². The topological polar surface area (TPSA) is 41.8 Å². The molecule has 0 fully saturated rings. The predicted octanol–water partition coefficient (Wildman–Crippen LogP) is 4.26. The van der Waals surface area contributed by atoms with Crippen molar-refractivity contribution >= 4 is 10.9 Å². The first-order chi connectivity index (χ1) is 10.3. The molecule has 0 saturated carbocycles. The first-order valence-corrected chi connectivity index (χ1v) is 7.35. The average Bonchev–Trinajstić information content (AvgIpc) is 2.87. The van der Waals surface area contributed by atoms with Crippen molar-refractivity contribution in [3.63, 3.8) is 0 Å². The Labute approximate surface area is 123 Å². The molecule has 0 amide bonds. The number of rotatable bonds is 5. The number of benzene rings is 2. The number of halogens is 1. The van der Waals surface area contributed by atoms with E-state index in [1.54, 1.807) is 12.1 Å². The molecule has 3 rings (SSSR count).